The summed E-state index contributed by atoms with van der Waals surface area (Å²) in [5.41, 5.74) is 2.65. The lowest BCUT2D eigenvalue weighted by atomic mass is 10.1. The molecule has 0 bridgehead atoms. The first-order valence-corrected chi connectivity index (χ1v) is 8.97. The number of hydrogen-bond acceptors (Lipinski definition) is 5. The first-order chi connectivity index (χ1) is 12.0. The third-order valence-corrected chi connectivity index (χ3v) is 4.82. The van der Waals surface area contributed by atoms with Gasteiger partial charge in [-0.2, -0.15) is 0 Å². The fourth-order valence-electron chi connectivity index (χ4n) is 2.89. The molecule has 1 aliphatic heterocycles. The van der Waals surface area contributed by atoms with E-state index in [9.17, 15) is 10.1 Å². The molecule has 1 N–H and O–H groups in total. The minimum absolute atomic E-state index is 0.0493. The van der Waals surface area contributed by atoms with Gasteiger partial charge in [0, 0.05) is 35.4 Å². The predicted molar refractivity (Wildman–Crippen MR) is 102 cm³/mol. The van der Waals surface area contributed by atoms with Crippen LogP contribution < -0.4 is 10.2 Å². The van der Waals surface area contributed by atoms with Crippen molar-refractivity contribution < 1.29 is 9.66 Å². The van der Waals surface area contributed by atoms with Crippen molar-refractivity contribution in [3.05, 3.63) is 62.6 Å². The Morgan fingerprint density at radius 1 is 1.20 bits per heavy atom. The number of nitrogens with one attached hydrogen (secondary N) is 1. The molecular weight excluding hydrogens is 386 g/mol. The molecule has 1 aliphatic rings. The molecule has 0 radical (unpaired) electrons. The van der Waals surface area contributed by atoms with Crippen molar-refractivity contribution in [2.24, 2.45) is 0 Å². The Bertz CT molecular complexity index is 746. The number of ether oxygens (including phenoxy) is 1. The van der Waals surface area contributed by atoms with Crippen LogP contribution in [-0.2, 0) is 4.74 Å². The molecule has 1 fully saturated rings. The summed E-state index contributed by atoms with van der Waals surface area (Å²) in [6.45, 7) is 4.93. The minimum atomic E-state index is -0.347. The van der Waals surface area contributed by atoms with E-state index in [1.807, 2.05) is 37.3 Å². The highest BCUT2D eigenvalue weighted by Gasteiger charge is 2.19. The van der Waals surface area contributed by atoms with Crippen LogP contribution in [0, 0.1) is 10.1 Å². The quantitative estimate of drug-likeness (QED) is 0.590. The number of nitrogens with zero attached hydrogens (tertiary/aromatic N) is 2. The summed E-state index contributed by atoms with van der Waals surface area (Å²) in [4.78, 5) is 13.2. The van der Waals surface area contributed by atoms with E-state index < -0.39 is 0 Å². The highest BCUT2D eigenvalue weighted by atomic mass is 79.9. The van der Waals surface area contributed by atoms with Crippen molar-refractivity contribution in [2.45, 2.75) is 13.0 Å². The summed E-state index contributed by atoms with van der Waals surface area (Å²) in [6.07, 6.45) is 0. The SMILES string of the molecule is C[C@H](Nc1cc(N2CCOCC2)ccc1[N+](=O)[O-])c1ccc(Br)cc1. The predicted octanol–water partition coefficient (Wildman–Crippen LogP) is 4.37. The molecule has 0 amide bonds. The van der Waals surface area contributed by atoms with Gasteiger partial charge >= 0.3 is 0 Å². The van der Waals surface area contributed by atoms with Crippen LogP contribution in [0.3, 0.4) is 0 Å². The summed E-state index contributed by atoms with van der Waals surface area (Å²) in [6, 6.07) is 13.1. The van der Waals surface area contributed by atoms with Crippen molar-refractivity contribution in [1.82, 2.24) is 0 Å². The topological polar surface area (TPSA) is 67.6 Å². The van der Waals surface area contributed by atoms with Gasteiger partial charge in [0.1, 0.15) is 5.69 Å². The summed E-state index contributed by atoms with van der Waals surface area (Å²) < 4.78 is 6.38. The molecule has 6 nitrogen and oxygen atoms in total. The van der Waals surface area contributed by atoms with Gasteiger partial charge in [-0.3, -0.25) is 10.1 Å². The number of nitro benzene ring substituents is 1. The highest BCUT2D eigenvalue weighted by Crippen LogP contribution is 2.32. The summed E-state index contributed by atoms with van der Waals surface area (Å²) in [7, 11) is 0. The van der Waals surface area contributed by atoms with E-state index in [-0.39, 0.29) is 16.7 Å². The molecule has 25 heavy (non-hydrogen) atoms. The van der Waals surface area contributed by atoms with E-state index in [4.69, 9.17) is 4.74 Å². The zero-order valence-corrected chi connectivity index (χ0v) is 15.5. The number of halogens is 1. The highest BCUT2D eigenvalue weighted by molar-refractivity contribution is 9.10. The smallest absolute Gasteiger partial charge is 0.292 e. The minimum Gasteiger partial charge on any atom is -0.378 e. The van der Waals surface area contributed by atoms with Crippen molar-refractivity contribution >= 4 is 33.0 Å². The number of rotatable bonds is 5. The molecular formula is C18H20BrN3O3. The third-order valence-electron chi connectivity index (χ3n) is 4.30. The van der Waals surface area contributed by atoms with Crippen molar-refractivity contribution in [3.63, 3.8) is 0 Å². The zero-order valence-electron chi connectivity index (χ0n) is 13.9. The van der Waals surface area contributed by atoms with Crippen molar-refractivity contribution in [2.75, 3.05) is 36.5 Å². The Kier molecular flexibility index (Phi) is 5.55. The molecule has 132 valence electrons. The molecule has 1 saturated heterocycles. The Balaban J connectivity index is 1.86. The average molecular weight is 406 g/mol. The van der Waals surface area contributed by atoms with E-state index in [2.05, 4.69) is 26.1 Å². The standard InChI is InChI=1S/C18H20BrN3O3/c1-13(14-2-4-15(19)5-3-14)20-17-12-16(6-7-18(17)22(23)24)21-8-10-25-11-9-21/h2-7,12-13,20H,8-11H2,1H3/t13-/m0/s1. The van der Waals surface area contributed by atoms with E-state index in [0.29, 0.717) is 18.9 Å². The Hall–Kier alpha value is -2.12. The van der Waals surface area contributed by atoms with Gasteiger partial charge < -0.3 is 15.0 Å². The summed E-state index contributed by atoms with van der Waals surface area (Å²) >= 11 is 3.42. The second kappa shape index (κ2) is 7.84. The van der Waals surface area contributed by atoms with Gasteiger partial charge in [-0.25, -0.2) is 0 Å². The van der Waals surface area contributed by atoms with Crippen LogP contribution >= 0.6 is 15.9 Å². The molecule has 2 aromatic carbocycles. The molecule has 3 rings (SSSR count). The van der Waals surface area contributed by atoms with Crippen molar-refractivity contribution in [1.29, 1.82) is 0 Å². The second-order valence-electron chi connectivity index (χ2n) is 5.98. The largest absolute Gasteiger partial charge is 0.378 e. The van der Waals surface area contributed by atoms with Gasteiger partial charge in [0.15, 0.2) is 0 Å². The zero-order chi connectivity index (χ0) is 17.8. The van der Waals surface area contributed by atoms with Crippen LogP contribution in [-0.4, -0.2) is 31.2 Å². The van der Waals surface area contributed by atoms with Gasteiger partial charge in [0.2, 0.25) is 0 Å². The summed E-state index contributed by atoms with van der Waals surface area (Å²) in [5, 5.41) is 14.7. The number of hydrogen-bond donors (Lipinski definition) is 1. The molecule has 1 heterocycles. The van der Waals surface area contributed by atoms with E-state index >= 15 is 0 Å². The van der Waals surface area contributed by atoms with Crippen LogP contribution in [0.15, 0.2) is 46.9 Å². The fraction of sp³-hybridized carbons (Fsp3) is 0.333. The van der Waals surface area contributed by atoms with Crippen molar-refractivity contribution in [3.8, 4) is 0 Å². The third kappa shape index (κ3) is 4.29. The average Bonchev–Trinajstić information content (AvgIpc) is 2.62. The molecule has 0 saturated carbocycles. The van der Waals surface area contributed by atoms with Gasteiger partial charge in [0.05, 0.1) is 18.1 Å². The number of morpholine rings is 1. The molecule has 1 atom stereocenters. The normalized spacial score (nSPS) is 15.7. The molecule has 0 spiro atoms. The van der Waals surface area contributed by atoms with Gasteiger partial charge in [-0.05, 0) is 36.8 Å². The maximum absolute atomic E-state index is 11.4. The lowest BCUT2D eigenvalue weighted by molar-refractivity contribution is -0.384. The molecule has 0 aromatic heterocycles. The number of anilines is 2. The van der Waals surface area contributed by atoms with Gasteiger partial charge in [-0.15, -0.1) is 0 Å². The van der Waals surface area contributed by atoms with Crippen LogP contribution in [0.2, 0.25) is 0 Å². The first kappa shape index (κ1) is 17.7. The maximum atomic E-state index is 11.4. The van der Waals surface area contributed by atoms with E-state index in [1.54, 1.807) is 12.1 Å². The molecule has 2 aromatic rings. The van der Waals surface area contributed by atoms with Gasteiger partial charge in [-0.1, -0.05) is 28.1 Å². The first-order valence-electron chi connectivity index (χ1n) is 8.18. The molecule has 7 heteroatoms. The lowest BCUT2D eigenvalue weighted by Gasteiger charge is -2.29. The van der Waals surface area contributed by atoms with Crippen LogP contribution in [0.4, 0.5) is 17.1 Å². The monoisotopic (exact) mass is 405 g/mol. The van der Waals surface area contributed by atoms with E-state index in [1.165, 1.54) is 0 Å². The van der Waals surface area contributed by atoms with Crippen LogP contribution in [0.1, 0.15) is 18.5 Å². The van der Waals surface area contributed by atoms with Crippen LogP contribution in [0.25, 0.3) is 0 Å². The Morgan fingerprint density at radius 3 is 2.52 bits per heavy atom. The fourth-order valence-corrected chi connectivity index (χ4v) is 3.15. The number of benzene rings is 2. The molecule has 0 aliphatic carbocycles. The lowest BCUT2D eigenvalue weighted by Crippen LogP contribution is -2.36. The second-order valence-corrected chi connectivity index (χ2v) is 6.89. The molecule has 0 unspecified atom stereocenters. The Labute approximate surface area is 155 Å². The number of nitro groups is 1. The maximum Gasteiger partial charge on any atom is 0.292 e. The van der Waals surface area contributed by atoms with Gasteiger partial charge in [0.25, 0.3) is 5.69 Å². The Morgan fingerprint density at radius 2 is 1.88 bits per heavy atom. The van der Waals surface area contributed by atoms with E-state index in [0.717, 1.165) is 28.8 Å². The van der Waals surface area contributed by atoms with Crippen LogP contribution in [0.5, 0.6) is 0 Å². The summed E-state index contributed by atoms with van der Waals surface area (Å²) in [5.74, 6) is 0.